The van der Waals surface area contributed by atoms with Crippen molar-refractivity contribution in [3.63, 3.8) is 0 Å². The summed E-state index contributed by atoms with van der Waals surface area (Å²) >= 11 is 1.69. The summed E-state index contributed by atoms with van der Waals surface area (Å²) < 4.78 is 12.9. The zero-order valence-electron chi connectivity index (χ0n) is 17.1. The fourth-order valence-corrected chi connectivity index (χ4v) is 4.05. The molecule has 0 radical (unpaired) electrons. The number of halogens is 2. The van der Waals surface area contributed by atoms with Crippen molar-refractivity contribution in [1.29, 1.82) is 0 Å². The molecule has 1 aliphatic heterocycles. The third-order valence-electron chi connectivity index (χ3n) is 4.81. The predicted octanol–water partition coefficient (Wildman–Crippen LogP) is 3.68. The number of amides is 1. The van der Waals surface area contributed by atoms with Gasteiger partial charge < -0.3 is 15.5 Å². The van der Waals surface area contributed by atoms with Gasteiger partial charge in [-0.15, -0.1) is 35.7 Å². The molecule has 2 N–H and O–H groups in total. The minimum atomic E-state index is -0.214. The first-order valence-corrected chi connectivity index (χ1v) is 10.8. The first kappa shape index (κ1) is 24.5. The van der Waals surface area contributed by atoms with Crippen LogP contribution in [0.5, 0.6) is 0 Å². The molecule has 1 heterocycles. The third kappa shape index (κ3) is 7.46. The van der Waals surface area contributed by atoms with Gasteiger partial charge >= 0.3 is 0 Å². The third-order valence-corrected chi connectivity index (χ3v) is 5.91. The van der Waals surface area contributed by atoms with Crippen molar-refractivity contribution in [2.24, 2.45) is 4.99 Å². The topological polar surface area (TPSA) is 56.7 Å². The largest absolute Gasteiger partial charge is 0.356 e. The van der Waals surface area contributed by atoms with Gasteiger partial charge in [0.2, 0.25) is 5.91 Å². The molecule has 0 aromatic heterocycles. The van der Waals surface area contributed by atoms with Gasteiger partial charge in [-0.25, -0.2) is 4.39 Å². The highest BCUT2D eigenvalue weighted by molar-refractivity contribution is 14.0. The fourth-order valence-electron chi connectivity index (χ4n) is 3.20. The van der Waals surface area contributed by atoms with Crippen LogP contribution in [0.25, 0.3) is 0 Å². The van der Waals surface area contributed by atoms with Crippen LogP contribution >= 0.6 is 35.7 Å². The molecule has 3 rings (SSSR count). The molecule has 2 aromatic rings. The fraction of sp³-hybridized carbons (Fsp3) is 0.364. The van der Waals surface area contributed by atoms with E-state index in [1.165, 1.54) is 23.3 Å². The van der Waals surface area contributed by atoms with Crippen molar-refractivity contribution >= 4 is 47.6 Å². The Balaban J connectivity index is 0.00000320. The van der Waals surface area contributed by atoms with E-state index in [1.54, 1.807) is 30.9 Å². The van der Waals surface area contributed by atoms with Crippen LogP contribution in [0.15, 0.2) is 58.4 Å². The summed E-state index contributed by atoms with van der Waals surface area (Å²) in [6, 6.07) is 14.8. The quantitative estimate of drug-likeness (QED) is 0.184. The predicted molar refractivity (Wildman–Crippen MR) is 132 cm³/mol. The second-order valence-corrected chi connectivity index (χ2v) is 8.01. The van der Waals surface area contributed by atoms with Crippen LogP contribution < -0.4 is 10.6 Å². The number of hydrogen-bond acceptors (Lipinski definition) is 3. The minimum Gasteiger partial charge on any atom is -0.356 e. The van der Waals surface area contributed by atoms with E-state index in [0.717, 1.165) is 36.6 Å². The maximum absolute atomic E-state index is 12.9. The lowest BCUT2D eigenvalue weighted by Gasteiger charge is -2.29. The molecule has 0 saturated carbocycles. The molecule has 8 heteroatoms. The number of fused-ring (bicyclic) bond motifs is 1. The van der Waals surface area contributed by atoms with E-state index < -0.39 is 0 Å². The average Bonchev–Trinajstić information content (AvgIpc) is 2.76. The van der Waals surface area contributed by atoms with E-state index in [0.29, 0.717) is 12.5 Å². The molecule has 5 nitrogen and oxygen atoms in total. The van der Waals surface area contributed by atoms with Crippen LogP contribution in [0.4, 0.5) is 4.39 Å². The molecule has 0 fully saturated rings. The molecule has 0 spiro atoms. The Morgan fingerprint density at radius 2 is 1.87 bits per heavy atom. The summed E-state index contributed by atoms with van der Waals surface area (Å²) in [5.74, 6) is 1.41. The van der Waals surface area contributed by atoms with E-state index >= 15 is 0 Å². The number of nitrogens with one attached hydrogen (secondary N) is 2. The Bertz CT molecular complexity index is 847. The SMILES string of the molecule is CN=C(NCCCSc1ccc(F)cc1)NCC(=O)N1CCc2ccccc2C1.I. The number of carbonyl (C=O) groups excluding carboxylic acids is 1. The molecule has 0 saturated heterocycles. The summed E-state index contributed by atoms with van der Waals surface area (Å²) in [6.07, 6.45) is 1.83. The Morgan fingerprint density at radius 1 is 1.13 bits per heavy atom. The molecule has 0 atom stereocenters. The second kappa shape index (κ2) is 12.8. The van der Waals surface area contributed by atoms with Gasteiger partial charge in [0.15, 0.2) is 5.96 Å². The van der Waals surface area contributed by atoms with E-state index in [1.807, 2.05) is 17.0 Å². The highest BCUT2D eigenvalue weighted by Crippen LogP contribution is 2.19. The van der Waals surface area contributed by atoms with Crippen LogP contribution in [0.1, 0.15) is 17.5 Å². The van der Waals surface area contributed by atoms with Crippen LogP contribution in [0, 0.1) is 5.82 Å². The molecule has 2 aromatic carbocycles. The number of rotatable bonds is 7. The molecule has 0 unspecified atom stereocenters. The monoisotopic (exact) mass is 542 g/mol. The van der Waals surface area contributed by atoms with Gasteiger partial charge in [-0.2, -0.15) is 0 Å². The standard InChI is InChI=1S/C22H27FN4OS.HI/c1-24-22(25-12-4-14-29-20-9-7-19(23)8-10-20)26-15-21(28)27-13-11-17-5-2-3-6-18(17)16-27;/h2-3,5-10H,4,11-16H2,1H3,(H2,24,25,26);1H. The maximum atomic E-state index is 12.9. The molecule has 1 amide bonds. The highest BCUT2D eigenvalue weighted by Gasteiger charge is 2.20. The van der Waals surface area contributed by atoms with Crippen molar-refractivity contribution in [2.75, 3.05) is 32.4 Å². The number of thioether (sulfide) groups is 1. The molecule has 1 aliphatic rings. The average molecular weight is 542 g/mol. The van der Waals surface area contributed by atoms with Crippen molar-refractivity contribution in [1.82, 2.24) is 15.5 Å². The van der Waals surface area contributed by atoms with Crippen molar-refractivity contribution in [3.05, 3.63) is 65.5 Å². The molecule has 162 valence electrons. The van der Waals surface area contributed by atoms with Gasteiger partial charge in [0.25, 0.3) is 0 Å². The zero-order chi connectivity index (χ0) is 20.5. The highest BCUT2D eigenvalue weighted by atomic mass is 127. The zero-order valence-corrected chi connectivity index (χ0v) is 20.2. The Morgan fingerprint density at radius 3 is 2.60 bits per heavy atom. The number of benzene rings is 2. The normalized spacial score (nSPS) is 13.3. The first-order chi connectivity index (χ1) is 14.2. The van der Waals surface area contributed by atoms with Crippen LogP contribution in [-0.4, -0.2) is 49.2 Å². The Kier molecular flexibility index (Phi) is 10.4. The molecule has 30 heavy (non-hydrogen) atoms. The number of guanidine groups is 1. The Hall–Kier alpha value is -1.81. The lowest BCUT2D eigenvalue weighted by molar-refractivity contribution is -0.130. The van der Waals surface area contributed by atoms with Gasteiger partial charge in [0.05, 0.1) is 6.54 Å². The lowest BCUT2D eigenvalue weighted by Crippen LogP contribution is -2.46. The van der Waals surface area contributed by atoms with Crippen LogP contribution in [-0.2, 0) is 17.8 Å². The van der Waals surface area contributed by atoms with Gasteiger partial charge in [0, 0.05) is 31.6 Å². The molecule has 0 aliphatic carbocycles. The van der Waals surface area contributed by atoms with E-state index in [9.17, 15) is 9.18 Å². The first-order valence-electron chi connectivity index (χ1n) is 9.83. The van der Waals surface area contributed by atoms with Crippen molar-refractivity contribution in [3.8, 4) is 0 Å². The summed E-state index contributed by atoms with van der Waals surface area (Å²) in [4.78, 5) is 19.7. The van der Waals surface area contributed by atoms with Crippen molar-refractivity contribution in [2.45, 2.75) is 24.3 Å². The maximum Gasteiger partial charge on any atom is 0.242 e. The lowest BCUT2D eigenvalue weighted by atomic mass is 10.00. The number of carbonyl (C=O) groups is 1. The summed E-state index contributed by atoms with van der Waals surface area (Å²) in [5, 5.41) is 6.34. The number of nitrogens with zero attached hydrogens (tertiary/aromatic N) is 2. The molecular weight excluding hydrogens is 514 g/mol. The van der Waals surface area contributed by atoms with E-state index in [-0.39, 0.29) is 42.2 Å². The van der Waals surface area contributed by atoms with Gasteiger partial charge in [-0.3, -0.25) is 9.79 Å². The van der Waals surface area contributed by atoms with Crippen LogP contribution in [0.2, 0.25) is 0 Å². The van der Waals surface area contributed by atoms with E-state index in [2.05, 4.69) is 27.8 Å². The molecule has 0 bridgehead atoms. The smallest absolute Gasteiger partial charge is 0.242 e. The number of aliphatic imine (C=N–C) groups is 1. The van der Waals surface area contributed by atoms with E-state index in [4.69, 9.17) is 0 Å². The summed E-state index contributed by atoms with van der Waals surface area (Å²) in [7, 11) is 1.70. The van der Waals surface area contributed by atoms with Gasteiger partial charge in [-0.1, -0.05) is 24.3 Å². The second-order valence-electron chi connectivity index (χ2n) is 6.84. The van der Waals surface area contributed by atoms with Crippen molar-refractivity contribution < 1.29 is 9.18 Å². The van der Waals surface area contributed by atoms with Gasteiger partial charge in [-0.05, 0) is 54.0 Å². The van der Waals surface area contributed by atoms with Crippen LogP contribution in [0.3, 0.4) is 0 Å². The molecular formula is C22H28FIN4OS. The Labute approximate surface area is 198 Å². The van der Waals surface area contributed by atoms with Gasteiger partial charge in [0.1, 0.15) is 5.82 Å². The minimum absolute atomic E-state index is 0. The number of hydrogen-bond donors (Lipinski definition) is 2. The summed E-state index contributed by atoms with van der Waals surface area (Å²) in [6.45, 7) is 2.40. The summed E-state index contributed by atoms with van der Waals surface area (Å²) in [5.41, 5.74) is 2.56.